The van der Waals surface area contributed by atoms with Crippen molar-refractivity contribution >= 4 is 23.2 Å². The van der Waals surface area contributed by atoms with Crippen LogP contribution in [0.1, 0.15) is 30.7 Å². The number of aryl methyl sites for hydroxylation is 2. The van der Waals surface area contributed by atoms with Gasteiger partial charge in [0.2, 0.25) is 5.91 Å². The van der Waals surface area contributed by atoms with Crippen molar-refractivity contribution in [1.29, 1.82) is 0 Å². The molecule has 0 atom stereocenters. The third-order valence-corrected chi connectivity index (χ3v) is 6.46. The summed E-state index contributed by atoms with van der Waals surface area (Å²) in [4.78, 5) is 21.5. The van der Waals surface area contributed by atoms with Gasteiger partial charge in [0.1, 0.15) is 0 Å². The van der Waals surface area contributed by atoms with Crippen LogP contribution in [-0.2, 0) is 11.2 Å². The van der Waals surface area contributed by atoms with Gasteiger partial charge in [-0.05, 0) is 68.3 Å². The quantitative estimate of drug-likeness (QED) is 0.416. The number of carbonyl (C=O) groups excluding carboxylic acids is 1. The minimum Gasteiger partial charge on any atom is -0.441 e. The highest BCUT2D eigenvalue weighted by molar-refractivity contribution is 6.30. The summed E-state index contributed by atoms with van der Waals surface area (Å²) in [6.45, 7) is 8.26. The Kier molecular flexibility index (Phi) is 8.61. The third-order valence-electron chi connectivity index (χ3n) is 6.21. The Hall–Kier alpha value is -2.83. The zero-order valence-corrected chi connectivity index (χ0v) is 20.6. The predicted octanol–water partition coefficient (Wildman–Crippen LogP) is 4.95. The number of amides is 1. The molecule has 180 valence electrons. The summed E-state index contributed by atoms with van der Waals surface area (Å²) < 4.78 is 5.77. The fraction of sp³-hybridized carbons (Fsp3) is 0.407. The molecule has 3 aromatic rings. The number of nitrogens with one attached hydrogen (secondary N) is 1. The van der Waals surface area contributed by atoms with Crippen molar-refractivity contribution < 1.29 is 9.21 Å². The second kappa shape index (κ2) is 12.0. The molecule has 2 aromatic carbocycles. The molecule has 1 aliphatic heterocycles. The van der Waals surface area contributed by atoms with E-state index in [1.807, 2.05) is 24.3 Å². The highest BCUT2D eigenvalue weighted by Gasteiger charge is 2.16. The lowest BCUT2D eigenvalue weighted by molar-refractivity contribution is -0.121. The summed E-state index contributed by atoms with van der Waals surface area (Å²) in [5.41, 5.74) is 3.56. The van der Waals surface area contributed by atoms with Crippen LogP contribution in [0.2, 0.25) is 5.02 Å². The molecule has 0 aliphatic carbocycles. The molecule has 0 spiro atoms. The number of halogens is 1. The molecule has 1 saturated heterocycles. The van der Waals surface area contributed by atoms with E-state index >= 15 is 0 Å². The molecule has 1 aromatic heterocycles. The number of benzene rings is 2. The maximum absolute atomic E-state index is 12.2. The largest absolute Gasteiger partial charge is 0.441 e. The normalized spacial score (nSPS) is 14.4. The van der Waals surface area contributed by atoms with Gasteiger partial charge in [-0.15, -0.1) is 0 Å². The van der Waals surface area contributed by atoms with Gasteiger partial charge in [-0.25, -0.2) is 4.98 Å². The van der Waals surface area contributed by atoms with Gasteiger partial charge in [0.25, 0.3) is 0 Å². The van der Waals surface area contributed by atoms with E-state index in [9.17, 15) is 4.79 Å². The number of nitrogens with zero attached hydrogens (tertiary/aromatic N) is 3. The van der Waals surface area contributed by atoms with Crippen molar-refractivity contribution in [3.63, 3.8) is 0 Å². The van der Waals surface area contributed by atoms with Gasteiger partial charge >= 0.3 is 0 Å². The van der Waals surface area contributed by atoms with Gasteiger partial charge in [-0.3, -0.25) is 9.69 Å². The van der Waals surface area contributed by atoms with Crippen LogP contribution in [0.15, 0.2) is 59.1 Å². The Morgan fingerprint density at radius 1 is 1.09 bits per heavy atom. The van der Waals surface area contributed by atoms with E-state index in [0.717, 1.165) is 51.1 Å². The van der Waals surface area contributed by atoms with Crippen LogP contribution >= 0.6 is 11.6 Å². The highest BCUT2D eigenvalue weighted by Crippen LogP contribution is 2.23. The molecular weight excluding hydrogens is 448 g/mol. The first-order chi connectivity index (χ1) is 16.6. The van der Waals surface area contributed by atoms with E-state index in [0.29, 0.717) is 36.1 Å². The Morgan fingerprint density at radius 2 is 1.88 bits per heavy atom. The number of carbonyl (C=O) groups is 1. The average molecular weight is 481 g/mol. The number of oxazole rings is 1. The van der Waals surface area contributed by atoms with Crippen molar-refractivity contribution in [2.75, 3.05) is 44.2 Å². The molecular formula is C27H33ClN4O2. The molecule has 4 rings (SSSR count). The molecule has 1 aliphatic rings. The summed E-state index contributed by atoms with van der Waals surface area (Å²) in [5, 5.41) is 3.70. The number of rotatable bonds is 10. The van der Waals surface area contributed by atoms with Gasteiger partial charge in [0.05, 0.1) is 6.20 Å². The highest BCUT2D eigenvalue weighted by atomic mass is 35.5. The summed E-state index contributed by atoms with van der Waals surface area (Å²) in [6, 6.07) is 16.2. The van der Waals surface area contributed by atoms with Gasteiger partial charge < -0.3 is 14.6 Å². The molecule has 0 radical (unpaired) electrons. The van der Waals surface area contributed by atoms with E-state index in [4.69, 9.17) is 16.0 Å². The molecule has 34 heavy (non-hydrogen) atoms. The maximum Gasteiger partial charge on any atom is 0.220 e. The van der Waals surface area contributed by atoms with E-state index in [1.165, 1.54) is 11.3 Å². The predicted molar refractivity (Wildman–Crippen MR) is 137 cm³/mol. The third kappa shape index (κ3) is 7.08. The minimum atomic E-state index is 0.0398. The van der Waals surface area contributed by atoms with E-state index < -0.39 is 0 Å². The average Bonchev–Trinajstić information content (AvgIpc) is 3.32. The lowest BCUT2D eigenvalue weighted by Gasteiger charge is -2.36. The summed E-state index contributed by atoms with van der Waals surface area (Å²) in [7, 11) is 0. The van der Waals surface area contributed by atoms with Crippen molar-refractivity contribution in [2.45, 2.75) is 32.6 Å². The van der Waals surface area contributed by atoms with Crippen LogP contribution in [0.25, 0.3) is 11.3 Å². The Balaban J connectivity index is 1.07. The Bertz CT molecular complexity index is 1060. The zero-order valence-electron chi connectivity index (χ0n) is 19.8. The zero-order chi connectivity index (χ0) is 23.8. The van der Waals surface area contributed by atoms with Crippen LogP contribution in [-0.4, -0.2) is 55.1 Å². The lowest BCUT2D eigenvalue weighted by atomic mass is 10.2. The van der Waals surface area contributed by atoms with Crippen molar-refractivity contribution in [3.8, 4) is 11.3 Å². The molecule has 7 heteroatoms. The number of piperazine rings is 1. The number of hydrogen-bond acceptors (Lipinski definition) is 5. The van der Waals surface area contributed by atoms with Gasteiger partial charge in [-0.2, -0.15) is 0 Å². The lowest BCUT2D eigenvalue weighted by Crippen LogP contribution is -2.46. The van der Waals surface area contributed by atoms with Crippen molar-refractivity contribution in [1.82, 2.24) is 15.2 Å². The first kappa shape index (κ1) is 24.3. The van der Waals surface area contributed by atoms with Gasteiger partial charge in [0, 0.05) is 61.8 Å². The molecule has 2 heterocycles. The number of aromatic nitrogens is 1. The maximum atomic E-state index is 12.2. The number of anilines is 1. The van der Waals surface area contributed by atoms with E-state index in [2.05, 4.69) is 51.3 Å². The fourth-order valence-corrected chi connectivity index (χ4v) is 4.35. The SMILES string of the molecule is Cc1cccc(N2CCN(CCCCNC(=O)CCc3ncc(-c4ccc(Cl)cc4)o3)CC2)c1. The number of hydrogen-bond donors (Lipinski definition) is 1. The monoisotopic (exact) mass is 480 g/mol. The van der Waals surface area contributed by atoms with Crippen molar-refractivity contribution in [2.24, 2.45) is 0 Å². The molecule has 0 bridgehead atoms. The minimum absolute atomic E-state index is 0.0398. The second-order valence-electron chi connectivity index (χ2n) is 8.85. The Morgan fingerprint density at radius 3 is 2.65 bits per heavy atom. The molecule has 1 N–H and O–H groups in total. The molecule has 1 fully saturated rings. The second-order valence-corrected chi connectivity index (χ2v) is 9.29. The molecule has 6 nitrogen and oxygen atoms in total. The summed E-state index contributed by atoms with van der Waals surface area (Å²) in [6.07, 6.45) is 4.64. The van der Waals surface area contributed by atoms with E-state index in [1.54, 1.807) is 6.20 Å². The molecule has 0 saturated carbocycles. The van der Waals surface area contributed by atoms with Crippen LogP contribution in [0.3, 0.4) is 0 Å². The van der Waals surface area contributed by atoms with Crippen LogP contribution in [0.4, 0.5) is 5.69 Å². The molecule has 1 amide bonds. The first-order valence-corrected chi connectivity index (χ1v) is 12.5. The van der Waals surface area contributed by atoms with Crippen LogP contribution in [0, 0.1) is 6.92 Å². The smallest absolute Gasteiger partial charge is 0.220 e. The first-order valence-electron chi connectivity index (χ1n) is 12.1. The summed E-state index contributed by atoms with van der Waals surface area (Å²) >= 11 is 5.93. The van der Waals surface area contributed by atoms with E-state index in [-0.39, 0.29) is 5.91 Å². The van der Waals surface area contributed by atoms with Crippen LogP contribution < -0.4 is 10.2 Å². The standard InChI is InChI=1S/C27H33ClN4O2/c1-21-5-4-6-24(19-21)32-17-15-31(16-18-32)14-3-2-13-29-26(33)11-12-27-30-20-25(34-27)22-7-9-23(28)10-8-22/h4-10,19-20H,2-3,11-18H2,1H3,(H,29,33). The van der Waals surface area contributed by atoms with Gasteiger partial charge in [-0.1, -0.05) is 23.7 Å². The summed E-state index contributed by atoms with van der Waals surface area (Å²) in [5.74, 6) is 1.30. The topological polar surface area (TPSA) is 61.6 Å². The molecule has 0 unspecified atom stereocenters. The Labute approximate surface area is 206 Å². The van der Waals surface area contributed by atoms with Crippen molar-refractivity contribution in [3.05, 3.63) is 71.2 Å². The fourth-order valence-electron chi connectivity index (χ4n) is 4.22. The van der Waals surface area contributed by atoms with Crippen LogP contribution in [0.5, 0.6) is 0 Å². The number of unbranched alkanes of at least 4 members (excludes halogenated alkanes) is 1. The van der Waals surface area contributed by atoms with Gasteiger partial charge in [0.15, 0.2) is 11.7 Å².